The average molecular weight is 296 g/mol. The lowest BCUT2D eigenvalue weighted by molar-refractivity contribution is 0.118. The molecular weight excluding hydrogens is 258 g/mol. The van der Waals surface area contributed by atoms with Crippen molar-refractivity contribution in [2.45, 2.75) is 70.4 Å². The molecule has 2 aliphatic rings. The number of hydrogen-bond acceptors (Lipinski definition) is 3. The van der Waals surface area contributed by atoms with Crippen molar-refractivity contribution in [1.29, 1.82) is 0 Å². The highest BCUT2D eigenvalue weighted by Crippen LogP contribution is 2.27. The van der Waals surface area contributed by atoms with Crippen molar-refractivity contribution in [3.8, 4) is 0 Å². The third kappa shape index (κ3) is 5.54. The molecule has 1 aliphatic heterocycles. The second kappa shape index (κ2) is 9.12. The summed E-state index contributed by atoms with van der Waals surface area (Å²) in [6.45, 7) is 7.34. The maximum Gasteiger partial charge on any atom is 0.0223 e. The van der Waals surface area contributed by atoms with Crippen LogP contribution in [0.1, 0.15) is 58.3 Å². The van der Waals surface area contributed by atoms with Crippen molar-refractivity contribution in [2.24, 2.45) is 5.92 Å². The van der Waals surface area contributed by atoms with E-state index in [2.05, 4.69) is 36.1 Å². The van der Waals surface area contributed by atoms with Crippen molar-refractivity contribution in [2.75, 3.05) is 40.3 Å². The van der Waals surface area contributed by atoms with Gasteiger partial charge in [0.15, 0.2) is 0 Å². The minimum Gasteiger partial charge on any atom is -0.312 e. The van der Waals surface area contributed by atoms with E-state index in [1.165, 1.54) is 77.5 Å². The lowest BCUT2D eigenvalue weighted by Gasteiger charge is -2.39. The SMILES string of the molecule is CCCNC(CN1CCC(N(C)C)CC1)C1CCCCC1. The highest BCUT2D eigenvalue weighted by Gasteiger charge is 2.27. The summed E-state index contributed by atoms with van der Waals surface area (Å²) in [5.74, 6) is 0.928. The van der Waals surface area contributed by atoms with Gasteiger partial charge in [-0.2, -0.15) is 0 Å². The topological polar surface area (TPSA) is 18.5 Å². The van der Waals surface area contributed by atoms with Gasteiger partial charge in [0.05, 0.1) is 0 Å². The average Bonchev–Trinajstić information content (AvgIpc) is 2.52. The second-order valence-electron chi connectivity index (χ2n) is 7.45. The quantitative estimate of drug-likeness (QED) is 0.779. The Morgan fingerprint density at radius 2 is 1.71 bits per heavy atom. The molecule has 3 heteroatoms. The van der Waals surface area contributed by atoms with Gasteiger partial charge in [0, 0.05) is 18.6 Å². The van der Waals surface area contributed by atoms with Crippen molar-refractivity contribution < 1.29 is 0 Å². The molecule has 0 aromatic rings. The summed E-state index contributed by atoms with van der Waals surface area (Å²) in [4.78, 5) is 5.13. The molecular formula is C18H37N3. The molecule has 1 heterocycles. The Bertz CT molecular complexity index is 266. The fourth-order valence-electron chi connectivity index (χ4n) is 4.14. The summed E-state index contributed by atoms with van der Waals surface area (Å²) in [7, 11) is 4.46. The maximum absolute atomic E-state index is 3.87. The number of hydrogen-bond donors (Lipinski definition) is 1. The van der Waals surface area contributed by atoms with Crippen LogP contribution in [0.5, 0.6) is 0 Å². The zero-order valence-corrected chi connectivity index (χ0v) is 14.6. The minimum absolute atomic E-state index is 0.737. The second-order valence-corrected chi connectivity index (χ2v) is 7.45. The van der Waals surface area contributed by atoms with Crippen molar-refractivity contribution in [3.63, 3.8) is 0 Å². The predicted octanol–water partition coefficient (Wildman–Crippen LogP) is 2.96. The predicted molar refractivity (Wildman–Crippen MR) is 91.8 cm³/mol. The summed E-state index contributed by atoms with van der Waals surface area (Å²) in [6, 6.07) is 1.54. The zero-order valence-electron chi connectivity index (χ0n) is 14.6. The third-order valence-corrected chi connectivity index (χ3v) is 5.62. The van der Waals surface area contributed by atoms with Crippen molar-refractivity contribution >= 4 is 0 Å². The minimum atomic E-state index is 0.737. The lowest BCUT2D eigenvalue weighted by atomic mass is 9.83. The third-order valence-electron chi connectivity index (χ3n) is 5.62. The highest BCUT2D eigenvalue weighted by molar-refractivity contribution is 4.85. The molecule has 1 unspecified atom stereocenters. The Balaban J connectivity index is 1.80. The van der Waals surface area contributed by atoms with Crippen LogP contribution < -0.4 is 5.32 Å². The van der Waals surface area contributed by atoms with Gasteiger partial charge in [-0.25, -0.2) is 0 Å². The first-order valence-electron chi connectivity index (χ1n) is 9.33. The zero-order chi connectivity index (χ0) is 15.1. The monoisotopic (exact) mass is 295 g/mol. The number of rotatable bonds is 7. The first kappa shape index (κ1) is 17.2. The van der Waals surface area contributed by atoms with Gasteiger partial charge < -0.3 is 15.1 Å². The smallest absolute Gasteiger partial charge is 0.0223 e. The van der Waals surface area contributed by atoms with E-state index in [1.807, 2.05) is 0 Å². The fraction of sp³-hybridized carbons (Fsp3) is 1.00. The van der Waals surface area contributed by atoms with Gasteiger partial charge in [-0.3, -0.25) is 0 Å². The van der Waals surface area contributed by atoms with Crippen LogP contribution in [0, 0.1) is 5.92 Å². The largest absolute Gasteiger partial charge is 0.312 e. The Kier molecular flexibility index (Phi) is 7.48. The summed E-state index contributed by atoms with van der Waals surface area (Å²) >= 11 is 0. The van der Waals surface area contributed by atoms with Crippen LogP contribution in [0.4, 0.5) is 0 Å². The number of nitrogens with zero attached hydrogens (tertiary/aromatic N) is 2. The van der Waals surface area contributed by atoms with E-state index >= 15 is 0 Å². The van der Waals surface area contributed by atoms with Crippen molar-refractivity contribution in [3.05, 3.63) is 0 Å². The van der Waals surface area contributed by atoms with Gasteiger partial charge in [0.25, 0.3) is 0 Å². The molecule has 1 saturated heterocycles. The summed E-state index contributed by atoms with van der Waals surface area (Å²) in [5, 5.41) is 3.87. The van der Waals surface area contributed by atoms with E-state index in [-0.39, 0.29) is 0 Å². The number of likely N-dealkylation sites (tertiary alicyclic amines) is 1. The van der Waals surface area contributed by atoms with Gasteiger partial charge >= 0.3 is 0 Å². The molecule has 0 radical (unpaired) electrons. The molecule has 0 aromatic heterocycles. The number of nitrogens with one attached hydrogen (secondary N) is 1. The van der Waals surface area contributed by atoms with E-state index in [1.54, 1.807) is 0 Å². The molecule has 1 aliphatic carbocycles. The summed E-state index contributed by atoms with van der Waals surface area (Å²) in [6.07, 6.45) is 11.2. The molecule has 0 spiro atoms. The maximum atomic E-state index is 3.87. The molecule has 1 atom stereocenters. The molecule has 1 N–H and O–H groups in total. The highest BCUT2D eigenvalue weighted by atomic mass is 15.2. The van der Waals surface area contributed by atoms with Crippen LogP contribution >= 0.6 is 0 Å². The van der Waals surface area contributed by atoms with Crippen molar-refractivity contribution in [1.82, 2.24) is 15.1 Å². The Hall–Kier alpha value is -0.120. The molecule has 2 rings (SSSR count). The van der Waals surface area contributed by atoms with Gasteiger partial charge in [-0.05, 0) is 71.8 Å². The van der Waals surface area contributed by atoms with E-state index in [0.717, 1.165) is 18.0 Å². The first-order valence-corrected chi connectivity index (χ1v) is 9.33. The standard InChI is InChI=1S/C18H37N3/c1-4-12-19-18(16-8-6-5-7-9-16)15-21-13-10-17(11-14-21)20(2)3/h16-19H,4-15H2,1-3H3. The fourth-order valence-corrected chi connectivity index (χ4v) is 4.14. The summed E-state index contributed by atoms with van der Waals surface area (Å²) < 4.78 is 0. The van der Waals surface area contributed by atoms with Gasteiger partial charge in [-0.15, -0.1) is 0 Å². The number of piperidine rings is 1. The van der Waals surface area contributed by atoms with Crippen LogP contribution in [0.3, 0.4) is 0 Å². The molecule has 0 aromatic carbocycles. The molecule has 1 saturated carbocycles. The van der Waals surface area contributed by atoms with Crippen LogP contribution in [-0.4, -0.2) is 62.2 Å². The van der Waals surface area contributed by atoms with Crippen LogP contribution in [0.15, 0.2) is 0 Å². The van der Waals surface area contributed by atoms with Crippen LogP contribution in [0.25, 0.3) is 0 Å². The van der Waals surface area contributed by atoms with Gasteiger partial charge in [0.2, 0.25) is 0 Å². The Labute approximate surface area is 132 Å². The van der Waals surface area contributed by atoms with E-state index < -0.39 is 0 Å². The van der Waals surface area contributed by atoms with E-state index in [0.29, 0.717) is 0 Å². The molecule has 21 heavy (non-hydrogen) atoms. The first-order chi connectivity index (χ1) is 10.2. The molecule has 124 valence electrons. The molecule has 0 amide bonds. The Morgan fingerprint density at radius 3 is 2.29 bits per heavy atom. The van der Waals surface area contributed by atoms with Gasteiger partial charge in [0.1, 0.15) is 0 Å². The van der Waals surface area contributed by atoms with E-state index in [9.17, 15) is 0 Å². The molecule has 3 nitrogen and oxygen atoms in total. The van der Waals surface area contributed by atoms with Gasteiger partial charge in [-0.1, -0.05) is 26.2 Å². The Morgan fingerprint density at radius 1 is 1.05 bits per heavy atom. The van der Waals surface area contributed by atoms with Crippen LogP contribution in [-0.2, 0) is 0 Å². The van der Waals surface area contributed by atoms with E-state index in [4.69, 9.17) is 0 Å². The lowest BCUT2D eigenvalue weighted by Crippen LogP contribution is -2.50. The molecule has 2 fully saturated rings. The molecule has 0 bridgehead atoms. The van der Waals surface area contributed by atoms with Crippen LogP contribution in [0.2, 0.25) is 0 Å². The summed E-state index contributed by atoms with van der Waals surface area (Å²) in [5.41, 5.74) is 0. The normalized spacial score (nSPS) is 24.6.